The third-order valence-corrected chi connectivity index (χ3v) is 6.21. The van der Waals surface area contributed by atoms with Crippen LogP contribution in [-0.2, 0) is 16.1 Å². The maximum Gasteiger partial charge on any atom is 0.223 e. The van der Waals surface area contributed by atoms with E-state index in [2.05, 4.69) is 17.5 Å². The summed E-state index contributed by atoms with van der Waals surface area (Å²) in [4.78, 5) is 22.4. The lowest BCUT2D eigenvalue weighted by atomic mass is 10.1. The predicted octanol–water partition coefficient (Wildman–Crippen LogP) is 4.32. The molecule has 2 fully saturated rings. The van der Waals surface area contributed by atoms with Crippen LogP contribution in [0, 0.1) is 0 Å². The van der Waals surface area contributed by atoms with Crippen LogP contribution in [-0.4, -0.2) is 55.2 Å². The van der Waals surface area contributed by atoms with Crippen molar-refractivity contribution in [1.82, 2.24) is 9.88 Å². The Hall–Kier alpha value is -2.60. The van der Waals surface area contributed by atoms with Gasteiger partial charge in [-0.15, -0.1) is 6.58 Å². The van der Waals surface area contributed by atoms with Crippen LogP contribution in [0.5, 0.6) is 5.75 Å². The van der Waals surface area contributed by atoms with Crippen LogP contribution in [0.15, 0.2) is 36.9 Å². The summed E-state index contributed by atoms with van der Waals surface area (Å²) < 4.78 is 11.2. The molecule has 2 aliphatic rings. The first kappa shape index (κ1) is 21.6. The van der Waals surface area contributed by atoms with Crippen molar-refractivity contribution in [3.8, 4) is 5.75 Å². The van der Waals surface area contributed by atoms with Gasteiger partial charge >= 0.3 is 0 Å². The Morgan fingerprint density at radius 1 is 1.32 bits per heavy atom. The molecule has 1 atom stereocenters. The number of carbonyl (C=O) groups is 1. The molecule has 31 heavy (non-hydrogen) atoms. The smallest absolute Gasteiger partial charge is 0.223 e. The molecule has 1 amide bonds. The van der Waals surface area contributed by atoms with Crippen LogP contribution in [0.1, 0.15) is 44.1 Å². The highest BCUT2D eigenvalue weighted by Gasteiger charge is 2.25. The van der Waals surface area contributed by atoms with Crippen molar-refractivity contribution >= 4 is 22.6 Å². The average molecular weight is 424 g/mol. The van der Waals surface area contributed by atoms with Gasteiger partial charge < -0.3 is 19.3 Å². The van der Waals surface area contributed by atoms with Crippen LogP contribution in [0.4, 0.5) is 5.82 Å². The highest BCUT2D eigenvalue weighted by Crippen LogP contribution is 2.30. The number of carbonyl (C=O) groups excluding carboxylic acids is 1. The molecule has 4 rings (SSSR count). The molecule has 2 aliphatic heterocycles. The molecule has 0 N–H and O–H groups in total. The normalized spacial score (nSPS) is 18.5. The third-order valence-electron chi connectivity index (χ3n) is 6.21. The molecule has 2 saturated heterocycles. The molecule has 2 aromatic rings. The highest BCUT2D eigenvalue weighted by atomic mass is 16.5. The van der Waals surface area contributed by atoms with E-state index >= 15 is 0 Å². The SMILES string of the molecule is C=CCCC(=O)N(Cc1cc2ccc(OC)cc2nc1N1CCCC1)CC1CCCO1. The molecule has 0 bridgehead atoms. The largest absolute Gasteiger partial charge is 0.497 e. The first-order valence-corrected chi connectivity index (χ1v) is 11.4. The monoisotopic (exact) mass is 423 g/mol. The summed E-state index contributed by atoms with van der Waals surface area (Å²) in [5.41, 5.74) is 2.03. The van der Waals surface area contributed by atoms with Crippen LogP contribution < -0.4 is 9.64 Å². The zero-order chi connectivity index (χ0) is 21.6. The minimum absolute atomic E-state index is 0.126. The molecule has 6 nitrogen and oxygen atoms in total. The number of rotatable bonds is 9. The Morgan fingerprint density at radius 3 is 2.87 bits per heavy atom. The number of ether oxygens (including phenoxy) is 2. The van der Waals surface area contributed by atoms with Crippen molar-refractivity contribution < 1.29 is 14.3 Å². The van der Waals surface area contributed by atoms with Gasteiger partial charge in [-0.1, -0.05) is 6.08 Å². The zero-order valence-electron chi connectivity index (χ0n) is 18.5. The second kappa shape index (κ2) is 10.1. The van der Waals surface area contributed by atoms with Crippen molar-refractivity contribution in [2.45, 2.75) is 51.2 Å². The van der Waals surface area contributed by atoms with Crippen molar-refractivity contribution in [2.75, 3.05) is 38.3 Å². The van der Waals surface area contributed by atoms with Gasteiger partial charge in [0.05, 0.1) is 18.7 Å². The van der Waals surface area contributed by atoms with E-state index in [1.165, 1.54) is 12.8 Å². The number of anilines is 1. The standard InChI is InChI=1S/C25H33N3O3/c1-3-4-9-24(29)28(18-22-8-7-14-31-22)17-20-15-19-10-11-21(30-2)16-23(19)26-25(20)27-12-5-6-13-27/h3,10-11,15-16,22H,1,4-9,12-14,17-18H2,2H3. The molecule has 1 aromatic carbocycles. The Balaban J connectivity index is 1.67. The molecule has 0 aliphatic carbocycles. The van der Waals surface area contributed by atoms with Gasteiger partial charge in [-0.3, -0.25) is 4.79 Å². The maximum absolute atomic E-state index is 13.0. The molecular formula is C25H33N3O3. The fourth-order valence-corrected chi connectivity index (χ4v) is 4.50. The lowest BCUT2D eigenvalue weighted by Crippen LogP contribution is -2.37. The molecule has 1 unspecified atom stereocenters. The average Bonchev–Trinajstić information content (AvgIpc) is 3.50. The number of fused-ring (bicyclic) bond motifs is 1. The van der Waals surface area contributed by atoms with Crippen LogP contribution in [0.25, 0.3) is 10.9 Å². The molecule has 3 heterocycles. The van der Waals surface area contributed by atoms with E-state index in [4.69, 9.17) is 14.5 Å². The summed E-state index contributed by atoms with van der Waals surface area (Å²) in [5, 5.41) is 1.06. The Labute approximate surface area is 184 Å². The number of amides is 1. The minimum atomic E-state index is 0.126. The van der Waals surface area contributed by atoms with Gasteiger partial charge in [-0.25, -0.2) is 4.98 Å². The minimum Gasteiger partial charge on any atom is -0.497 e. The summed E-state index contributed by atoms with van der Waals surface area (Å²) in [5.74, 6) is 1.95. The van der Waals surface area contributed by atoms with Crippen molar-refractivity contribution in [3.63, 3.8) is 0 Å². The number of methoxy groups -OCH3 is 1. The molecule has 0 saturated carbocycles. The number of benzene rings is 1. The molecule has 0 radical (unpaired) electrons. The van der Waals surface area contributed by atoms with E-state index in [0.717, 1.165) is 60.6 Å². The maximum atomic E-state index is 13.0. The Morgan fingerprint density at radius 2 is 2.16 bits per heavy atom. The molecule has 0 spiro atoms. The highest BCUT2D eigenvalue weighted by molar-refractivity contribution is 5.84. The van der Waals surface area contributed by atoms with Crippen molar-refractivity contribution in [2.24, 2.45) is 0 Å². The number of allylic oxidation sites excluding steroid dienone is 1. The Kier molecular flexibility index (Phi) is 7.07. The fraction of sp³-hybridized carbons (Fsp3) is 0.520. The molecule has 6 heteroatoms. The van der Waals surface area contributed by atoms with E-state index in [9.17, 15) is 4.79 Å². The van der Waals surface area contributed by atoms with E-state index < -0.39 is 0 Å². The van der Waals surface area contributed by atoms with Gasteiger partial charge in [0.2, 0.25) is 5.91 Å². The van der Waals surface area contributed by atoms with E-state index in [0.29, 0.717) is 25.9 Å². The number of pyridine rings is 1. The quantitative estimate of drug-likeness (QED) is 0.563. The summed E-state index contributed by atoms with van der Waals surface area (Å²) in [6.45, 7) is 7.76. The number of aromatic nitrogens is 1. The van der Waals surface area contributed by atoms with Gasteiger partial charge in [0.25, 0.3) is 0 Å². The third kappa shape index (κ3) is 5.18. The van der Waals surface area contributed by atoms with E-state index in [1.807, 2.05) is 29.2 Å². The van der Waals surface area contributed by atoms with Crippen molar-refractivity contribution in [1.29, 1.82) is 0 Å². The first-order chi connectivity index (χ1) is 15.2. The van der Waals surface area contributed by atoms with E-state index in [-0.39, 0.29) is 12.0 Å². The summed E-state index contributed by atoms with van der Waals surface area (Å²) in [6.07, 6.45) is 7.54. The van der Waals surface area contributed by atoms with Crippen LogP contribution in [0.2, 0.25) is 0 Å². The van der Waals surface area contributed by atoms with Gasteiger partial charge in [-0.2, -0.15) is 0 Å². The first-order valence-electron chi connectivity index (χ1n) is 11.4. The number of hydrogen-bond donors (Lipinski definition) is 0. The van der Waals surface area contributed by atoms with Gasteiger partial charge in [0.1, 0.15) is 11.6 Å². The number of hydrogen-bond acceptors (Lipinski definition) is 5. The predicted molar refractivity (Wildman–Crippen MR) is 124 cm³/mol. The second-order valence-corrected chi connectivity index (χ2v) is 8.46. The summed E-state index contributed by atoms with van der Waals surface area (Å²) >= 11 is 0. The topological polar surface area (TPSA) is 54.9 Å². The van der Waals surface area contributed by atoms with Gasteiger partial charge in [0, 0.05) is 56.2 Å². The Bertz CT molecular complexity index is 918. The molecule has 1 aromatic heterocycles. The lowest BCUT2D eigenvalue weighted by Gasteiger charge is -2.28. The second-order valence-electron chi connectivity index (χ2n) is 8.46. The van der Waals surface area contributed by atoms with Crippen molar-refractivity contribution in [3.05, 3.63) is 42.5 Å². The number of nitrogens with zero attached hydrogens (tertiary/aromatic N) is 3. The molecule has 166 valence electrons. The van der Waals surface area contributed by atoms with E-state index in [1.54, 1.807) is 7.11 Å². The van der Waals surface area contributed by atoms with Gasteiger partial charge in [-0.05, 0) is 50.3 Å². The molecular weight excluding hydrogens is 390 g/mol. The van der Waals surface area contributed by atoms with Crippen LogP contribution >= 0.6 is 0 Å². The van der Waals surface area contributed by atoms with Crippen LogP contribution in [0.3, 0.4) is 0 Å². The summed E-state index contributed by atoms with van der Waals surface area (Å²) in [7, 11) is 1.68. The fourth-order valence-electron chi connectivity index (χ4n) is 4.50. The zero-order valence-corrected chi connectivity index (χ0v) is 18.5. The van der Waals surface area contributed by atoms with Gasteiger partial charge in [0.15, 0.2) is 0 Å². The summed E-state index contributed by atoms with van der Waals surface area (Å²) in [6, 6.07) is 8.18. The lowest BCUT2D eigenvalue weighted by molar-refractivity contribution is -0.133.